The predicted molar refractivity (Wildman–Crippen MR) is 64.0 cm³/mol. The van der Waals surface area contributed by atoms with Crippen LogP contribution in [0.15, 0.2) is 47.3 Å². The summed E-state index contributed by atoms with van der Waals surface area (Å²) in [6, 6.07) is 9.81. The highest BCUT2D eigenvalue weighted by molar-refractivity contribution is 6.20. The maximum absolute atomic E-state index is 6.28. The van der Waals surface area contributed by atoms with Gasteiger partial charge in [-0.15, -0.1) is 11.6 Å². The van der Waals surface area contributed by atoms with E-state index in [0.29, 0.717) is 0 Å². The van der Waals surface area contributed by atoms with E-state index in [1.165, 1.54) is 0 Å². The van der Waals surface area contributed by atoms with E-state index < -0.39 is 0 Å². The zero-order valence-electron chi connectivity index (χ0n) is 9.02. The van der Waals surface area contributed by atoms with Crippen LogP contribution in [0.2, 0.25) is 0 Å². The number of furan rings is 1. The van der Waals surface area contributed by atoms with E-state index in [0.717, 1.165) is 23.3 Å². The summed E-state index contributed by atoms with van der Waals surface area (Å²) in [4.78, 5) is 0. The molecule has 1 aromatic heterocycles. The molecular formula is C13H13ClO2. The molecule has 1 heterocycles. The molecule has 3 heteroatoms. The number of methoxy groups -OCH3 is 1. The van der Waals surface area contributed by atoms with E-state index in [1.54, 1.807) is 19.6 Å². The van der Waals surface area contributed by atoms with Crippen molar-refractivity contribution in [2.45, 2.75) is 11.8 Å². The molecule has 0 aliphatic heterocycles. The van der Waals surface area contributed by atoms with Gasteiger partial charge in [0, 0.05) is 5.56 Å². The van der Waals surface area contributed by atoms with Crippen molar-refractivity contribution in [1.29, 1.82) is 0 Å². The zero-order valence-corrected chi connectivity index (χ0v) is 9.78. The average molecular weight is 237 g/mol. The van der Waals surface area contributed by atoms with Crippen LogP contribution in [-0.4, -0.2) is 7.11 Å². The van der Waals surface area contributed by atoms with Crippen LogP contribution in [0.3, 0.4) is 0 Å². The van der Waals surface area contributed by atoms with Crippen LogP contribution in [0.25, 0.3) is 0 Å². The Balaban J connectivity index is 2.08. The minimum atomic E-state index is -0.0640. The molecular weight excluding hydrogens is 224 g/mol. The van der Waals surface area contributed by atoms with E-state index in [4.69, 9.17) is 20.8 Å². The lowest BCUT2D eigenvalue weighted by atomic mass is 10.1. The Bertz CT molecular complexity index is 437. The van der Waals surface area contributed by atoms with Crippen LogP contribution >= 0.6 is 11.6 Å². The zero-order chi connectivity index (χ0) is 11.4. The SMILES string of the molecule is COc1cccc(CC(Cl)c2ccoc2)c1. The molecule has 0 amide bonds. The molecule has 1 aromatic carbocycles. The first-order valence-electron chi connectivity index (χ1n) is 5.08. The summed E-state index contributed by atoms with van der Waals surface area (Å²) in [5.41, 5.74) is 2.16. The molecule has 84 valence electrons. The van der Waals surface area contributed by atoms with Crippen molar-refractivity contribution in [3.63, 3.8) is 0 Å². The summed E-state index contributed by atoms with van der Waals surface area (Å²) < 4.78 is 10.2. The van der Waals surface area contributed by atoms with E-state index in [-0.39, 0.29) is 5.38 Å². The number of benzene rings is 1. The molecule has 0 spiro atoms. The first-order valence-corrected chi connectivity index (χ1v) is 5.52. The minimum absolute atomic E-state index is 0.0640. The fourth-order valence-corrected chi connectivity index (χ4v) is 1.88. The van der Waals surface area contributed by atoms with Gasteiger partial charge in [-0.3, -0.25) is 0 Å². The van der Waals surface area contributed by atoms with Crippen molar-refractivity contribution in [2.24, 2.45) is 0 Å². The fourth-order valence-electron chi connectivity index (χ4n) is 1.58. The summed E-state index contributed by atoms with van der Waals surface area (Å²) in [6.45, 7) is 0. The number of ether oxygens (including phenoxy) is 1. The second-order valence-corrected chi connectivity index (χ2v) is 4.11. The number of hydrogen-bond donors (Lipinski definition) is 0. The standard InChI is InChI=1S/C13H13ClO2/c1-15-12-4-2-3-10(7-12)8-13(14)11-5-6-16-9-11/h2-7,9,13H,8H2,1H3. The largest absolute Gasteiger partial charge is 0.497 e. The van der Waals surface area contributed by atoms with Crippen LogP contribution in [0.4, 0.5) is 0 Å². The molecule has 0 aliphatic rings. The second-order valence-electron chi connectivity index (χ2n) is 3.58. The third kappa shape index (κ3) is 2.58. The third-order valence-corrected chi connectivity index (χ3v) is 2.86. The van der Waals surface area contributed by atoms with Crippen molar-refractivity contribution in [3.05, 3.63) is 54.0 Å². The summed E-state index contributed by atoms with van der Waals surface area (Å²) in [5, 5.41) is -0.0640. The van der Waals surface area contributed by atoms with Crippen LogP contribution in [0, 0.1) is 0 Å². The molecule has 0 radical (unpaired) electrons. The summed E-state index contributed by atoms with van der Waals surface area (Å²) in [5.74, 6) is 0.855. The maximum Gasteiger partial charge on any atom is 0.119 e. The predicted octanol–water partition coefficient (Wildman–Crippen LogP) is 3.81. The van der Waals surface area contributed by atoms with E-state index in [9.17, 15) is 0 Å². The summed E-state index contributed by atoms with van der Waals surface area (Å²) in [6.07, 6.45) is 4.08. The van der Waals surface area contributed by atoms with Crippen LogP contribution < -0.4 is 4.74 Å². The normalized spacial score (nSPS) is 12.4. The van der Waals surface area contributed by atoms with Gasteiger partial charge in [0.25, 0.3) is 0 Å². The van der Waals surface area contributed by atoms with Gasteiger partial charge in [0.2, 0.25) is 0 Å². The fraction of sp³-hybridized carbons (Fsp3) is 0.231. The van der Waals surface area contributed by atoms with Gasteiger partial charge < -0.3 is 9.15 Å². The summed E-state index contributed by atoms with van der Waals surface area (Å²) in [7, 11) is 1.66. The highest BCUT2D eigenvalue weighted by atomic mass is 35.5. The van der Waals surface area contributed by atoms with E-state index >= 15 is 0 Å². The molecule has 0 saturated carbocycles. The highest BCUT2D eigenvalue weighted by Gasteiger charge is 2.10. The van der Waals surface area contributed by atoms with Crippen LogP contribution in [0.1, 0.15) is 16.5 Å². The van der Waals surface area contributed by atoms with E-state index in [2.05, 4.69) is 0 Å². The molecule has 0 bridgehead atoms. The van der Waals surface area contributed by atoms with Gasteiger partial charge in [0.15, 0.2) is 0 Å². The molecule has 1 unspecified atom stereocenters. The first-order chi connectivity index (χ1) is 7.79. The molecule has 16 heavy (non-hydrogen) atoms. The van der Waals surface area contributed by atoms with Crippen molar-refractivity contribution >= 4 is 11.6 Å². The van der Waals surface area contributed by atoms with Crippen molar-refractivity contribution < 1.29 is 9.15 Å². The Morgan fingerprint density at radius 2 is 2.25 bits per heavy atom. The lowest BCUT2D eigenvalue weighted by molar-refractivity contribution is 0.414. The summed E-state index contributed by atoms with van der Waals surface area (Å²) >= 11 is 6.28. The average Bonchev–Trinajstić information content (AvgIpc) is 2.83. The molecule has 0 N–H and O–H groups in total. The van der Waals surface area contributed by atoms with Crippen molar-refractivity contribution in [2.75, 3.05) is 7.11 Å². The van der Waals surface area contributed by atoms with Gasteiger partial charge in [-0.1, -0.05) is 12.1 Å². The maximum atomic E-state index is 6.28. The Kier molecular flexibility index (Phi) is 3.52. The Labute approximate surface area is 99.8 Å². The van der Waals surface area contributed by atoms with Crippen LogP contribution in [-0.2, 0) is 6.42 Å². The van der Waals surface area contributed by atoms with Crippen molar-refractivity contribution in [1.82, 2.24) is 0 Å². The molecule has 0 saturated heterocycles. The molecule has 2 rings (SSSR count). The van der Waals surface area contributed by atoms with E-state index in [1.807, 2.05) is 30.3 Å². The van der Waals surface area contributed by atoms with Gasteiger partial charge >= 0.3 is 0 Å². The third-order valence-electron chi connectivity index (χ3n) is 2.45. The van der Waals surface area contributed by atoms with Gasteiger partial charge in [-0.05, 0) is 30.2 Å². The van der Waals surface area contributed by atoms with Gasteiger partial charge in [-0.25, -0.2) is 0 Å². The Morgan fingerprint density at radius 3 is 2.94 bits per heavy atom. The second kappa shape index (κ2) is 5.08. The number of hydrogen-bond acceptors (Lipinski definition) is 2. The van der Waals surface area contributed by atoms with Crippen LogP contribution in [0.5, 0.6) is 5.75 Å². The smallest absolute Gasteiger partial charge is 0.119 e. The number of alkyl halides is 1. The van der Waals surface area contributed by atoms with Gasteiger partial charge in [-0.2, -0.15) is 0 Å². The minimum Gasteiger partial charge on any atom is -0.497 e. The molecule has 0 fully saturated rings. The Hall–Kier alpha value is -1.41. The molecule has 2 aromatic rings. The van der Waals surface area contributed by atoms with Gasteiger partial charge in [0.1, 0.15) is 5.75 Å². The first kappa shape index (κ1) is 11.1. The quantitative estimate of drug-likeness (QED) is 0.754. The number of halogens is 1. The monoisotopic (exact) mass is 236 g/mol. The molecule has 0 aliphatic carbocycles. The number of rotatable bonds is 4. The Morgan fingerprint density at radius 1 is 1.38 bits per heavy atom. The molecule has 1 atom stereocenters. The topological polar surface area (TPSA) is 22.4 Å². The molecule has 2 nitrogen and oxygen atoms in total. The lowest BCUT2D eigenvalue weighted by Gasteiger charge is -2.08. The lowest BCUT2D eigenvalue weighted by Crippen LogP contribution is -1.94. The van der Waals surface area contributed by atoms with Crippen molar-refractivity contribution in [3.8, 4) is 5.75 Å². The van der Waals surface area contributed by atoms with Gasteiger partial charge in [0.05, 0.1) is 25.0 Å². The highest BCUT2D eigenvalue weighted by Crippen LogP contribution is 2.26.